The number of hydrogen-bond donors (Lipinski definition) is 2. The van der Waals surface area contributed by atoms with Gasteiger partial charge in [0, 0.05) is 37.1 Å². The van der Waals surface area contributed by atoms with E-state index in [9.17, 15) is 13.2 Å². The van der Waals surface area contributed by atoms with Crippen LogP contribution in [0.5, 0.6) is 11.5 Å². The van der Waals surface area contributed by atoms with E-state index in [1.165, 1.54) is 0 Å². The summed E-state index contributed by atoms with van der Waals surface area (Å²) in [5, 5.41) is 12.0. The topological polar surface area (TPSA) is 124 Å². The van der Waals surface area contributed by atoms with E-state index >= 15 is 0 Å². The zero-order valence-corrected chi connectivity index (χ0v) is 25.8. The van der Waals surface area contributed by atoms with E-state index in [1.807, 2.05) is 54.6 Å². The molecule has 0 saturated carbocycles. The van der Waals surface area contributed by atoms with Crippen molar-refractivity contribution in [3.05, 3.63) is 126 Å². The average molecular weight is 629 g/mol. The third kappa shape index (κ3) is 7.35. The van der Waals surface area contributed by atoms with Crippen LogP contribution in [0.15, 0.2) is 119 Å². The molecule has 0 bridgehead atoms. The molecule has 45 heavy (non-hydrogen) atoms. The normalized spacial score (nSPS) is 17.6. The third-order valence-electron chi connectivity index (χ3n) is 7.62. The summed E-state index contributed by atoms with van der Waals surface area (Å²) in [6, 6.07) is 31.8. The number of rotatable bonds is 14. The number of sulfone groups is 1. The van der Waals surface area contributed by atoms with Crippen LogP contribution in [-0.4, -0.2) is 56.9 Å². The fraction of sp³-hybridized carbons (Fsp3) is 0.257. The maximum absolute atomic E-state index is 14.4. The highest BCUT2D eigenvalue weighted by molar-refractivity contribution is 7.91. The molecule has 4 aromatic carbocycles. The molecular formula is C35H36N2O7S. The fourth-order valence-electron chi connectivity index (χ4n) is 5.21. The Morgan fingerprint density at radius 2 is 1.60 bits per heavy atom. The van der Waals surface area contributed by atoms with Gasteiger partial charge in [-0.05, 0) is 48.0 Å². The molecule has 5 rings (SSSR count). The lowest BCUT2D eigenvalue weighted by atomic mass is 9.85. The molecule has 0 aliphatic carbocycles. The number of carbonyl (C=O) groups is 1. The number of methoxy groups -OCH3 is 1. The van der Waals surface area contributed by atoms with Gasteiger partial charge in [-0.1, -0.05) is 66.7 Å². The lowest BCUT2D eigenvalue weighted by Crippen LogP contribution is -2.49. The first-order valence-corrected chi connectivity index (χ1v) is 16.3. The number of aliphatic imine (C=N–C) groups is 1. The smallest absolute Gasteiger partial charge is 0.252 e. The molecule has 1 aliphatic rings. The van der Waals surface area contributed by atoms with Crippen molar-refractivity contribution in [3.63, 3.8) is 0 Å². The molecule has 0 aromatic heterocycles. The first-order valence-electron chi connectivity index (χ1n) is 14.7. The average Bonchev–Trinajstić information content (AvgIpc) is 3.49. The van der Waals surface area contributed by atoms with E-state index in [-0.39, 0.29) is 36.1 Å². The van der Waals surface area contributed by atoms with E-state index < -0.39 is 27.4 Å². The Bertz CT molecular complexity index is 1710. The minimum absolute atomic E-state index is 0.0325. The molecule has 9 nitrogen and oxygen atoms in total. The molecule has 4 aromatic rings. The van der Waals surface area contributed by atoms with Crippen molar-refractivity contribution in [2.75, 3.05) is 26.1 Å². The predicted molar refractivity (Wildman–Crippen MR) is 171 cm³/mol. The van der Waals surface area contributed by atoms with E-state index in [1.54, 1.807) is 61.7 Å². The van der Waals surface area contributed by atoms with Gasteiger partial charge in [0.05, 0.1) is 24.4 Å². The lowest BCUT2D eigenvalue weighted by molar-refractivity contribution is -0.129. The molecular weight excluding hydrogens is 592 g/mol. The number of nitrogens with one attached hydrogen (secondary N) is 1. The van der Waals surface area contributed by atoms with Gasteiger partial charge in [0.25, 0.3) is 5.91 Å². The van der Waals surface area contributed by atoms with Crippen LogP contribution >= 0.6 is 0 Å². The summed E-state index contributed by atoms with van der Waals surface area (Å²) in [5.74, 6) is 0.645. The SMILES string of the molecule is COc1ccccc1CNC(=O)[C@]1(CCS(=O)(=O)c2ccccc2)N=C(c2ccc(OCCCO)cc2)O[C@@H]1c1ccccc1. The number of para-hydroxylation sites is 1. The summed E-state index contributed by atoms with van der Waals surface area (Å²) in [7, 11) is -2.20. The highest BCUT2D eigenvalue weighted by Crippen LogP contribution is 2.43. The molecule has 234 valence electrons. The number of aliphatic hydroxyl groups excluding tert-OH is 1. The van der Waals surface area contributed by atoms with Crippen molar-refractivity contribution in [2.24, 2.45) is 4.99 Å². The fourth-order valence-corrected chi connectivity index (χ4v) is 6.60. The lowest BCUT2D eigenvalue weighted by Gasteiger charge is -2.30. The number of carbonyl (C=O) groups excluding carboxylic acids is 1. The van der Waals surface area contributed by atoms with Gasteiger partial charge in [0.2, 0.25) is 5.90 Å². The number of ether oxygens (including phenoxy) is 3. The van der Waals surface area contributed by atoms with Crippen molar-refractivity contribution >= 4 is 21.6 Å². The van der Waals surface area contributed by atoms with Gasteiger partial charge in [0.1, 0.15) is 11.5 Å². The van der Waals surface area contributed by atoms with Crippen LogP contribution in [0, 0.1) is 0 Å². The van der Waals surface area contributed by atoms with Gasteiger partial charge in [-0.15, -0.1) is 0 Å². The Balaban J connectivity index is 1.54. The summed E-state index contributed by atoms with van der Waals surface area (Å²) in [6.07, 6.45) is -0.528. The minimum atomic E-state index is -3.76. The number of benzene rings is 4. The molecule has 2 atom stereocenters. The second-order valence-corrected chi connectivity index (χ2v) is 12.7. The molecule has 1 heterocycles. The quantitative estimate of drug-likeness (QED) is 0.191. The molecule has 0 unspecified atom stereocenters. The largest absolute Gasteiger partial charge is 0.496 e. The van der Waals surface area contributed by atoms with Crippen LogP contribution in [0.1, 0.15) is 35.6 Å². The Kier molecular flexibility index (Phi) is 10.2. The maximum Gasteiger partial charge on any atom is 0.252 e. The van der Waals surface area contributed by atoms with E-state index in [0.717, 1.165) is 5.56 Å². The van der Waals surface area contributed by atoms with Gasteiger partial charge in [-0.25, -0.2) is 13.4 Å². The number of hydrogen-bond acceptors (Lipinski definition) is 8. The highest BCUT2D eigenvalue weighted by Gasteiger charge is 2.53. The van der Waals surface area contributed by atoms with Crippen LogP contribution in [0.4, 0.5) is 0 Å². The molecule has 0 fully saturated rings. The number of nitrogens with zero attached hydrogens (tertiary/aromatic N) is 1. The van der Waals surface area contributed by atoms with Crippen LogP contribution in [0.25, 0.3) is 0 Å². The predicted octanol–water partition coefficient (Wildman–Crippen LogP) is 4.89. The second-order valence-electron chi connectivity index (χ2n) is 10.6. The maximum atomic E-state index is 14.4. The Morgan fingerprint density at radius 3 is 2.29 bits per heavy atom. The molecule has 1 amide bonds. The Labute approximate surface area is 263 Å². The van der Waals surface area contributed by atoms with Crippen molar-refractivity contribution in [2.45, 2.75) is 35.9 Å². The molecule has 2 N–H and O–H groups in total. The van der Waals surface area contributed by atoms with Crippen molar-refractivity contribution in [3.8, 4) is 11.5 Å². The van der Waals surface area contributed by atoms with Crippen molar-refractivity contribution in [1.82, 2.24) is 5.32 Å². The Morgan fingerprint density at radius 1 is 0.933 bits per heavy atom. The van der Waals surface area contributed by atoms with Gasteiger partial charge >= 0.3 is 0 Å². The molecule has 0 saturated heterocycles. The standard InChI is InChI=1S/C35H36N2O7S/c1-42-31-16-9-8-13-28(31)25-36-34(39)35(21-24-45(40,41)30-14-6-3-7-15-30)32(26-11-4-2-5-12-26)44-33(37-35)27-17-19-29(20-18-27)43-23-10-22-38/h2-9,11-20,32,38H,10,21-25H2,1H3,(H,36,39)/t32-,35-/m1/s1. The third-order valence-corrected chi connectivity index (χ3v) is 9.35. The second kappa shape index (κ2) is 14.4. The zero-order valence-electron chi connectivity index (χ0n) is 25.0. The summed E-state index contributed by atoms with van der Waals surface area (Å²) in [6.45, 7) is 0.543. The molecule has 1 aliphatic heterocycles. The van der Waals surface area contributed by atoms with Crippen LogP contribution in [-0.2, 0) is 25.9 Å². The van der Waals surface area contributed by atoms with E-state index in [0.29, 0.717) is 35.7 Å². The molecule has 0 radical (unpaired) electrons. The zero-order chi connectivity index (χ0) is 31.7. The minimum Gasteiger partial charge on any atom is -0.496 e. The molecule has 0 spiro atoms. The monoisotopic (exact) mass is 628 g/mol. The number of amides is 1. The molecule has 10 heteroatoms. The summed E-state index contributed by atoms with van der Waals surface area (Å²) in [5.41, 5.74) is 0.439. The Hall–Kier alpha value is -4.67. The first kappa shape index (κ1) is 31.7. The van der Waals surface area contributed by atoms with Gasteiger partial charge in [0.15, 0.2) is 21.5 Å². The van der Waals surface area contributed by atoms with Crippen LogP contribution in [0.2, 0.25) is 0 Å². The van der Waals surface area contributed by atoms with Gasteiger partial charge in [-0.3, -0.25) is 4.79 Å². The van der Waals surface area contributed by atoms with Gasteiger partial charge in [-0.2, -0.15) is 0 Å². The highest BCUT2D eigenvalue weighted by atomic mass is 32.2. The van der Waals surface area contributed by atoms with Crippen molar-refractivity contribution in [1.29, 1.82) is 0 Å². The van der Waals surface area contributed by atoms with E-state index in [2.05, 4.69) is 5.32 Å². The summed E-state index contributed by atoms with van der Waals surface area (Å²) >= 11 is 0. The number of aliphatic hydroxyl groups is 1. The van der Waals surface area contributed by atoms with E-state index in [4.69, 9.17) is 24.3 Å². The van der Waals surface area contributed by atoms with Gasteiger partial charge < -0.3 is 24.6 Å². The van der Waals surface area contributed by atoms with Crippen LogP contribution < -0.4 is 14.8 Å². The summed E-state index contributed by atoms with van der Waals surface area (Å²) in [4.78, 5) is 19.5. The van der Waals surface area contributed by atoms with Crippen molar-refractivity contribution < 1.29 is 32.5 Å². The van der Waals surface area contributed by atoms with Crippen LogP contribution in [0.3, 0.4) is 0 Å². The summed E-state index contributed by atoms with van der Waals surface area (Å²) < 4.78 is 44.6. The first-order chi connectivity index (χ1) is 21.9.